The van der Waals surface area contributed by atoms with E-state index in [4.69, 9.17) is 0 Å². The summed E-state index contributed by atoms with van der Waals surface area (Å²) in [4.78, 5) is 26.3. The highest BCUT2D eigenvalue weighted by molar-refractivity contribution is 7.92. The number of hydrogen-bond acceptors (Lipinski definition) is 5. The number of halogens is 3. The lowest BCUT2D eigenvalue weighted by atomic mass is 9.87. The predicted molar refractivity (Wildman–Crippen MR) is 137 cm³/mol. The molecule has 1 heterocycles. The van der Waals surface area contributed by atoms with Crippen molar-refractivity contribution in [1.82, 2.24) is 9.78 Å². The summed E-state index contributed by atoms with van der Waals surface area (Å²) in [5.74, 6) is -0.837. The second-order valence-corrected chi connectivity index (χ2v) is 10.5. The first-order valence-electron chi connectivity index (χ1n) is 11.6. The van der Waals surface area contributed by atoms with Gasteiger partial charge in [-0.3, -0.25) is 14.3 Å². The van der Waals surface area contributed by atoms with E-state index in [1.54, 1.807) is 42.5 Å². The fraction of sp³-hybridized carbons (Fsp3) is 0.0357. The van der Waals surface area contributed by atoms with Crippen molar-refractivity contribution in [2.24, 2.45) is 0 Å². The third kappa shape index (κ3) is 4.07. The van der Waals surface area contributed by atoms with Crippen LogP contribution in [0.1, 0.15) is 31.8 Å². The second-order valence-electron chi connectivity index (χ2n) is 8.85. The van der Waals surface area contributed by atoms with Crippen LogP contribution in [0.4, 0.5) is 18.9 Å². The number of benzene rings is 4. The summed E-state index contributed by atoms with van der Waals surface area (Å²) in [7, 11) is -4.34. The van der Waals surface area contributed by atoms with Crippen LogP contribution in [0.2, 0.25) is 0 Å². The third-order valence-electron chi connectivity index (χ3n) is 6.40. The van der Waals surface area contributed by atoms with Gasteiger partial charge in [-0.2, -0.15) is 23.0 Å². The maximum atomic E-state index is 13.6. The van der Waals surface area contributed by atoms with E-state index in [-0.39, 0.29) is 21.9 Å². The SMILES string of the molecule is O=C1c2ccccc2-c2nn(C(=O)c3cccc(S(=O)(=O)Nc4cccc(C(F)(F)F)c4)c3)c3cccc1c23. The van der Waals surface area contributed by atoms with Crippen molar-refractivity contribution in [3.8, 4) is 11.3 Å². The van der Waals surface area contributed by atoms with E-state index >= 15 is 0 Å². The van der Waals surface area contributed by atoms with Crippen LogP contribution in [0.3, 0.4) is 0 Å². The maximum Gasteiger partial charge on any atom is 0.416 e. The normalized spacial score (nSPS) is 12.8. The molecule has 11 heteroatoms. The highest BCUT2D eigenvalue weighted by Crippen LogP contribution is 2.39. The first kappa shape index (κ1) is 24.6. The molecule has 0 saturated heterocycles. The predicted octanol–water partition coefficient (Wildman–Crippen LogP) is 5.76. The second kappa shape index (κ2) is 8.63. The molecular weight excluding hydrogens is 531 g/mol. The fourth-order valence-electron chi connectivity index (χ4n) is 4.63. The van der Waals surface area contributed by atoms with Crippen LogP contribution in [-0.2, 0) is 16.2 Å². The molecule has 5 aromatic rings. The van der Waals surface area contributed by atoms with Gasteiger partial charge in [0, 0.05) is 33.3 Å². The standard InChI is InChI=1S/C28H16F3N3O4S/c29-28(30,31)17-7-4-8-18(15-17)33-39(37,38)19-9-3-6-16(14-19)27(36)34-23-13-5-12-22-24(23)25(32-34)20-10-1-2-11-21(20)26(22)35/h1-15,33H. The van der Waals surface area contributed by atoms with Gasteiger partial charge in [0.25, 0.3) is 15.9 Å². The number of carbonyl (C=O) groups excluding carboxylic acids is 2. The van der Waals surface area contributed by atoms with Crippen LogP contribution < -0.4 is 4.72 Å². The Morgan fingerprint density at radius 3 is 2.28 bits per heavy atom. The Bertz CT molecular complexity index is 1950. The summed E-state index contributed by atoms with van der Waals surface area (Å²) in [5, 5.41) is 5.03. The number of aromatic nitrogens is 2. The van der Waals surface area contributed by atoms with Crippen LogP contribution in [0, 0.1) is 0 Å². The summed E-state index contributed by atoms with van der Waals surface area (Å²) < 4.78 is 68.4. The van der Waals surface area contributed by atoms with Crippen LogP contribution >= 0.6 is 0 Å². The van der Waals surface area contributed by atoms with Crippen molar-refractivity contribution >= 4 is 38.3 Å². The molecule has 0 atom stereocenters. The zero-order valence-electron chi connectivity index (χ0n) is 19.7. The molecule has 0 spiro atoms. The number of fused-ring (bicyclic) bond motifs is 2. The number of sulfonamides is 1. The third-order valence-corrected chi connectivity index (χ3v) is 7.78. The lowest BCUT2D eigenvalue weighted by Gasteiger charge is -2.13. The Morgan fingerprint density at radius 2 is 1.51 bits per heavy atom. The molecule has 0 radical (unpaired) electrons. The van der Waals surface area contributed by atoms with E-state index < -0.39 is 27.7 Å². The molecule has 0 bridgehead atoms. The maximum absolute atomic E-state index is 13.6. The average Bonchev–Trinajstić information content (AvgIpc) is 3.31. The van der Waals surface area contributed by atoms with Crippen LogP contribution in [0.15, 0.2) is 95.9 Å². The summed E-state index contributed by atoms with van der Waals surface area (Å²) in [6, 6.07) is 20.8. The van der Waals surface area contributed by atoms with Gasteiger partial charge in [0.2, 0.25) is 0 Å². The number of nitrogens with one attached hydrogen (secondary N) is 1. The van der Waals surface area contributed by atoms with Crippen molar-refractivity contribution in [1.29, 1.82) is 0 Å². The van der Waals surface area contributed by atoms with E-state index in [1.807, 2.05) is 0 Å². The molecule has 0 saturated carbocycles. The highest BCUT2D eigenvalue weighted by atomic mass is 32.2. The van der Waals surface area contributed by atoms with Crippen molar-refractivity contribution in [2.45, 2.75) is 11.1 Å². The van der Waals surface area contributed by atoms with Gasteiger partial charge in [-0.05, 0) is 42.5 Å². The van der Waals surface area contributed by atoms with Crippen molar-refractivity contribution in [3.05, 3.63) is 113 Å². The molecule has 0 fully saturated rings. The Kier molecular flexibility index (Phi) is 5.44. The lowest BCUT2D eigenvalue weighted by molar-refractivity contribution is -0.137. The summed E-state index contributed by atoms with van der Waals surface area (Å²) in [6.07, 6.45) is -4.65. The van der Waals surface area contributed by atoms with Crippen molar-refractivity contribution in [3.63, 3.8) is 0 Å². The number of rotatable bonds is 4. The Hall–Kier alpha value is -4.77. The Morgan fingerprint density at radius 1 is 0.821 bits per heavy atom. The smallest absolute Gasteiger partial charge is 0.289 e. The van der Waals surface area contributed by atoms with Crippen LogP contribution in [0.25, 0.3) is 22.2 Å². The van der Waals surface area contributed by atoms with E-state index in [9.17, 15) is 31.2 Å². The molecule has 4 aromatic carbocycles. The summed E-state index contributed by atoms with van der Waals surface area (Å²) >= 11 is 0. The number of carbonyl (C=O) groups is 2. The first-order valence-corrected chi connectivity index (χ1v) is 13.0. The monoisotopic (exact) mass is 547 g/mol. The molecule has 39 heavy (non-hydrogen) atoms. The Labute approximate surface area is 219 Å². The summed E-state index contributed by atoms with van der Waals surface area (Å²) in [5.41, 5.74) is 0.973. The van der Waals surface area contributed by atoms with Crippen LogP contribution in [-0.4, -0.2) is 29.9 Å². The topological polar surface area (TPSA) is 98.1 Å². The van der Waals surface area contributed by atoms with Gasteiger partial charge in [-0.15, -0.1) is 0 Å². The van der Waals surface area contributed by atoms with Gasteiger partial charge < -0.3 is 0 Å². The van der Waals surface area contributed by atoms with Gasteiger partial charge in [0.15, 0.2) is 5.78 Å². The van der Waals surface area contributed by atoms with E-state index in [0.29, 0.717) is 39.4 Å². The molecule has 6 rings (SSSR count). The van der Waals surface area contributed by atoms with E-state index in [2.05, 4.69) is 9.82 Å². The van der Waals surface area contributed by atoms with Crippen LogP contribution in [0.5, 0.6) is 0 Å². The fourth-order valence-corrected chi connectivity index (χ4v) is 5.72. The number of anilines is 1. The minimum atomic E-state index is -4.65. The van der Waals surface area contributed by atoms with Gasteiger partial charge in [-0.1, -0.05) is 48.5 Å². The number of ketones is 1. The quantitative estimate of drug-likeness (QED) is 0.303. The zero-order chi connectivity index (χ0) is 27.5. The van der Waals surface area contributed by atoms with Crippen molar-refractivity contribution < 1.29 is 31.2 Å². The summed E-state index contributed by atoms with van der Waals surface area (Å²) in [6.45, 7) is 0. The molecule has 194 valence electrons. The van der Waals surface area contributed by atoms with Crippen molar-refractivity contribution in [2.75, 3.05) is 4.72 Å². The van der Waals surface area contributed by atoms with Gasteiger partial charge in [-0.25, -0.2) is 8.42 Å². The highest BCUT2D eigenvalue weighted by Gasteiger charge is 2.32. The number of nitrogens with zero attached hydrogens (tertiary/aromatic N) is 2. The molecule has 0 unspecified atom stereocenters. The van der Waals surface area contributed by atoms with E-state index in [1.165, 1.54) is 24.3 Å². The molecule has 1 aromatic heterocycles. The minimum absolute atomic E-state index is 0.0258. The average molecular weight is 548 g/mol. The van der Waals surface area contributed by atoms with Gasteiger partial charge >= 0.3 is 6.18 Å². The first-order chi connectivity index (χ1) is 18.5. The van der Waals surface area contributed by atoms with Gasteiger partial charge in [0.1, 0.15) is 5.69 Å². The minimum Gasteiger partial charge on any atom is -0.289 e. The molecule has 7 nitrogen and oxygen atoms in total. The molecule has 0 aliphatic heterocycles. The Balaban J connectivity index is 1.39. The molecule has 1 N–H and O–H groups in total. The molecule has 1 aliphatic rings. The van der Waals surface area contributed by atoms with Gasteiger partial charge in [0.05, 0.1) is 16.0 Å². The number of hydrogen-bond donors (Lipinski definition) is 1. The molecular formula is C28H16F3N3O4S. The lowest BCUT2D eigenvalue weighted by Crippen LogP contribution is -2.17. The number of alkyl halides is 3. The zero-order valence-corrected chi connectivity index (χ0v) is 20.5. The largest absolute Gasteiger partial charge is 0.416 e. The molecule has 1 aliphatic carbocycles. The van der Waals surface area contributed by atoms with E-state index in [0.717, 1.165) is 22.9 Å². The molecule has 0 amide bonds.